The van der Waals surface area contributed by atoms with E-state index in [1.165, 1.54) is 18.3 Å². The van der Waals surface area contributed by atoms with Crippen LogP contribution in [0.2, 0.25) is 0 Å². The lowest BCUT2D eigenvalue weighted by Crippen LogP contribution is -2.54. The number of fused-ring (bicyclic) bond motifs is 3. The minimum Gasteiger partial charge on any atom is -0.481 e. The minimum atomic E-state index is -0.953. The lowest BCUT2D eigenvalue weighted by molar-refractivity contribution is -0.148. The number of benzene rings is 3. The number of aromatic nitrogens is 1. The number of amides is 3. The largest absolute Gasteiger partial charge is 0.481 e. The molecule has 1 aliphatic rings. The summed E-state index contributed by atoms with van der Waals surface area (Å²) in [5.41, 5.74) is 5.54. The SMILES string of the molecule is CC(=O)O[C@H](C[C@@H](C(C)C)N(C)C(=O)[C@@H](NC(=O)OCC1c2ccccc2-c2ccccc21)C(C)C)c1nc(C(=O)N[C@H](Cc2ccccc2)C[C@H](C)C(=O)O)c(C(C)C)s1. The number of likely N-dealkylation sites (N-methyl/N-ethyl adjacent to an activating group) is 1. The fraction of sp³-hybridized carbons (Fsp3) is 0.458. The van der Waals surface area contributed by atoms with Crippen molar-refractivity contribution in [2.24, 2.45) is 17.8 Å². The van der Waals surface area contributed by atoms with E-state index in [2.05, 4.69) is 22.8 Å². The Balaban J connectivity index is 1.33. The highest BCUT2D eigenvalue weighted by molar-refractivity contribution is 7.12. The summed E-state index contributed by atoms with van der Waals surface area (Å²) in [5, 5.41) is 16.0. The molecule has 3 amide bonds. The lowest BCUT2D eigenvalue weighted by Gasteiger charge is -2.36. The number of hydrogen-bond donors (Lipinski definition) is 3. The Bertz CT molecular complexity index is 2120. The van der Waals surface area contributed by atoms with Crippen LogP contribution in [0.1, 0.15) is 123 Å². The molecule has 0 fully saturated rings. The number of alkyl carbamates (subject to hydrolysis) is 1. The summed E-state index contributed by atoms with van der Waals surface area (Å²) in [4.78, 5) is 73.3. The summed E-state index contributed by atoms with van der Waals surface area (Å²) in [7, 11) is 1.68. The zero-order valence-electron chi connectivity index (χ0n) is 36.6. The average molecular weight is 853 g/mol. The average Bonchev–Trinajstić information content (AvgIpc) is 3.81. The number of rotatable bonds is 19. The van der Waals surface area contributed by atoms with Crippen molar-refractivity contribution in [1.82, 2.24) is 20.5 Å². The summed E-state index contributed by atoms with van der Waals surface area (Å²) >= 11 is 1.28. The number of thiazole rings is 1. The molecule has 326 valence electrons. The van der Waals surface area contributed by atoms with Crippen LogP contribution < -0.4 is 10.6 Å². The van der Waals surface area contributed by atoms with Gasteiger partial charge in [-0.1, -0.05) is 127 Å². The molecule has 0 saturated carbocycles. The molecule has 0 aliphatic heterocycles. The van der Waals surface area contributed by atoms with E-state index in [0.717, 1.165) is 27.8 Å². The first-order valence-corrected chi connectivity index (χ1v) is 21.9. The molecule has 0 saturated heterocycles. The summed E-state index contributed by atoms with van der Waals surface area (Å²) < 4.78 is 11.7. The number of nitrogens with zero attached hydrogens (tertiary/aromatic N) is 2. The monoisotopic (exact) mass is 852 g/mol. The highest BCUT2D eigenvalue weighted by Gasteiger charge is 2.37. The van der Waals surface area contributed by atoms with Crippen LogP contribution in [0.3, 0.4) is 0 Å². The zero-order chi connectivity index (χ0) is 44.5. The second-order valence-corrected chi connectivity index (χ2v) is 18.1. The Morgan fingerprint density at radius 2 is 1.39 bits per heavy atom. The number of carboxylic acids is 1. The van der Waals surface area contributed by atoms with Crippen LogP contribution in [0.15, 0.2) is 78.9 Å². The van der Waals surface area contributed by atoms with Gasteiger partial charge in [0.1, 0.15) is 23.4 Å². The third-order valence-corrected chi connectivity index (χ3v) is 12.8. The molecule has 13 heteroatoms. The molecule has 1 heterocycles. The predicted molar refractivity (Wildman–Crippen MR) is 236 cm³/mol. The third kappa shape index (κ3) is 11.6. The first-order chi connectivity index (χ1) is 29.0. The Hall–Kier alpha value is -5.56. The molecule has 4 aromatic rings. The maximum Gasteiger partial charge on any atom is 0.407 e. The van der Waals surface area contributed by atoms with Crippen LogP contribution in [-0.2, 0) is 30.3 Å². The minimum absolute atomic E-state index is 0.106. The van der Waals surface area contributed by atoms with E-state index in [1.807, 2.05) is 108 Å². The standard InChI is InChI=1S/C48H60N4O8S/c1-27(2)39(52(9)46(55)41(28(3)4)51-48(58)59-26-38-36-21-15-13-19-34(36)35-20-14-16-22-37(35)38)25-40(60-31(8)53)45-50-42(43(61-45)29(5)6)44(54)49-33(23-30(7)47(56)57)24-32-17-11-10-12-18-32/h10-22,27-30,33,38-41H,23-26H2,1-9H3,(H,49,54)(H,51,58)(H,56,57)/t30-,33-,39-,40+,41-/m0/s1. The normalized spacial score (nSPS) is 14.7. The molecule has 3 N–H and O–H groups in total. The maximum absolute atomic E-state index is 14.3. The molecular weight excluding hydrogens is 793 g/mol. The fourth-order valence-electron chi connectivity index (χ4n) is 8.07. The number of hydrogen-bond acceptors (Lipinski definition) is 9. The van der Waals surface area contributed by atoms with Gasteiger partial charge in [-0.2, -0.15) is 0 Å². The van der Waals surface area contributed by atoms with Crippen molar-refractivity contribution in [3.63, 3.8) is 0 Å². The smallest absolute Gasteiger partial charge is 0.407 e. The summed E-state index contributed by atoms with van der Waals surface area (Å²) in [6, 6.07) is 23.8. The van der Waals surface area contributed by atoms with E-state index < -0.39 is 54.1 Å². The summed E-state index contributed by atoms with van der Waals surface area (Å²) in [5.74, 6) is -3.62. The highest BCUT2D eigenvalue weighted by atomic mass is 32.1. The second-order valence-electron chi connectivity index (χ2n) is 17.0. The van der Waals surface area contributed by atoms with Crippen molar-refractivity contribution in [2.75, 3.05) is 13.7 Å². The number of nitrogens with one attached hydrogen (secondary N) is 2. The molecule has 0 spiro atoms. The van der Waals surface area contributed by atoms with Crippen molar-refractivity contribution < 1.29 is 38.6 Å². The van der Waals surface area contributed by atoms with Gasteiger partial charge in [-0.05, 0) is 58.4 Å². The molecule has 3 aromatic carbocycles. The van der Waals surface area contributed by atoms with Gasteiger partial charge in [0.05, 0.1) is 5.92 Å². The van der Waals surface area contributed by atoms with E-state index >= 15 is 0 Å². The quantitative estimate of drug-likeness (QED) is 0.0783. The van der Waals surface area contributed by atoms with Gasteiger partial charge in [-0.25, -0.2) is 9.78 Å². The topological polar surface area (TPSA) is 164 Å². The number of carboxylic acid groups (broad SMARTS) is 1. The highest BCUT2D eigenvalue weighted by Crippen LogP contribution is 2.44. The van der Waals surface area contributed by atoms with E-state index in [9.17, 15) is 29.1 Å². The molecule has 0 radical (unpaired) electrons. The van der Waals surface area contributed by atoms with Gasteiger partial charge in [0.15, 0.2) is 6.10 Å². The van der Waals surface area contributed by atoms with Crippen LogP contribution in [0.4, 0.5) is 4.79 Å². The Morgan fingerprint density at radius 1 is 0.803 bits per heavy atom. The Labute approximate surface area is 363 Å². The van der Waals surface area contributed by atoms with Gasteiger partial charge >= 0.3 is 18.0 Å². The predicted octanol–water partition coefficient (Wildman–Crippen LogP) is 8.76. The number of ether oxygens (including phenoxy) is 2. The molecule has 0 bridgehead atoms. The molecule has 12 nitrogen and oxygen atoms in total. The maximum atomic E-state index is 14.3. The van der Waals surface area contributed by atoms with Crippen molar-refractivity contribution in [1.29, 1.82) is 0 Å². The second kappa shape index (κ2) is 20.8. The summed E-state index contributed by atoms with van der Waals surface area (Å²) in [6.45, 7) is 14.6. The van der Waals surface area contributed by atoms with Gasteiger partial charge in [0.25, 0.3) is 5.91 Å². The first kappa shape index (κ1) is 46.5. The Morgan fingerprint density at radius 3 is 1.93 bits per heavy atom. The van der Waals surface area contributed by atoms with E-state index in [4.69, 9.17) is 14.5 Å². The van der Waals surface area contributed by atoms with Gasteiger partial charge in [0.2, 0.25) is 5.91 Å². The van der Waals surface area contributed by atoms with Crippen LogP contribution in [0.5, 0.6) is 0 Å². The van der Waals surface area contributed by atoms with Gasteiger partial charge in [0, 0.05) is 43.3 Å². The van der Waals surface area contributed by atoms with Crippen LogP contribution in [0, 0.1) is 17.8 Å². The molecule has 1 aromatic heterocycles. The van der Waals surface area contributed by atoms with Gasteiger partial charge in [-0.3, -0.25) is 19.2 Å². The first-order valence-electron chi connectivity index (χ1n) is 21.1. The van der Waals surface area contributed by atoms with Crippen molar-refractivity contribution in [2.45, 2.75) is 111 Å². The van der Waals surface area contributed by atoms with Gasteiger partial charge < -0.3 is 30.1 Å². The summed E-state index contributed by atoms with van der Waals surface area (Å²) in [6.07, 6.45) is -0.778. The van der Waals surface area contributed by atoms with Crippen LogP contribution in [-0.4, -0.2) is 76.6 Å². The van der Waals surface area contributed by atoms with Crippen molar-refractivity contribution in [3.05, 3.63) is 111 Å². The lowest BCUT2D eigenvalue weighted by atomic mass is 9.94. The number of carbonyl (C=O) groups excluding carboxylic acids is 4. The molecule has 5 atom stereocenters. The number of carbonyl (C=O) groups is 5. The molecule has 5 rings (SSSR count). The van der Waals surface area contributed by atoms with E-state index in [0.29, 0.717) is 16.3 Å². The van der Waals surface area contributed by atoms with Crippen LogP contribution in [0.25, 0.3) is 11.1 Å². The van der Waals surface area contributed by atoms with Crippen molar-refractivity contribution >= 4 is 41.2 Å². The van der Waals surface area contributed by atoms with Gasteiger partial charge in [-0.15, -0.1) is 11.3 Å². The van der Waals surface area contributed by atoms with Crippen LogP contribution >= 0.6 is 11.3 Å². The fourth-order valence-corrected chi connectivity index (χ4v) is 9.18. The molecule has 61 heavy (non-hydrogen) atoms. The molecule has 1 aliphatic carbocycles. The van der Waals surface area contributed by atoms with E-state index in [-0.39, 0.29) is 54.7 Å². The number of aliphatic carboxylic acids is 1. The molecule has 0 unspecified atom stereocenters. The van der Waals surface area contributed by atoms with Crippen molar-refractivity contribution in [3.8, 4) is 11.1 Å². The number of esters is 1. The third-order valence-electron chi connectivity index (χ3n) is 11.3. The zero-order valence-corrected chi connectivity index (χ0v) is 37.5. The van der Waals surface area contributed by atoms with E-state index in [1.54, 1.807) is 18.9 Å². The Kier molecular flexibility index (Phi) is 15.9. The molecular formula is C48H60N4O8S.